The zero-order valence-electron chi connectivity index (χ0n) is 8.63. The molecule has 0 fully saturated rings. The van der Waals surface area contributed by atoms with Gasteiger partial charge in [0.25, 0.3) is 0 Å². The van der Waals surface area contributed by atoms with Gasteiger partial charge in [-0.3, -0.25) is 4.79 Å². The molecule has 0 aliphatic carbocycles. The van der Waals surface area contributed by atoms with Crippen molar-refractivity contribution in [3.05, 3.63) is 12.7 Å². The van der Waals surface area contributed by atoms with Gasteiger partial charge in [0.2, 0.25) is 0 Å². The van der Waals surface area contributed by atoms with E-state index in [4.69, 9.17) is 9.47 Å². The Morgan fingerprint density at radius 2 is 2.23 bits per heavy atom. The number of hydrogen-bond acceptors (Lipinski definition) is 3. The van der Waals surface area contributed by atoms with E-state index in [1.807, 2.05) is 6.92 Å². The second-order valence-corrected chi connectivity index (χ2v) is 3.21. The van der Waals surface area contributed by atoms with Crippen molar-refractivity contribution in [2.75, 3.05) is 20.3 Å². The zero-order chi connectivity index (χ0) is 10.3. The highest BCUT2D eigenvalue weighted by atomic mass is 16.5. The lowest BCUT2D eigenvalue weighted by molar-refractivity contribution is -0.157. The predicted octanol–water partition coefficient (Wildman–Crippen LogP) is 1.78. The molecule has 76 valence electrons. The van der Waals surface area contributed by atoms with Crippen LogP contribution in [0.4, 0.5) is 0 Å². The molecular weight excluding hydrogens is 168 g/mol. The molecule has 13 heavy (non-hydrogen) atoms. The summed E-state index contributed by atoms with van der Waals surface area (Å²) in [6.07, 6.45) is 2.27. The Hall–Kier alpha value is -0.830. The van der Waals surface area contributed by atoms with Crippen molar-refractivity contribution in [2.24, 2.45) is 5.41 Å². The molecule has 0 aliphatic heterocycles. The second-order valence-electron chi connectivity index (χ2n) is 3.21. The normalized spacial score (nSPS) is 14.7. The van der Waals surface area contributed by atoms with Gasteiger partial charge in [-0.25, -0.2) is 0 Å². The van der Waals surface area contributed by atoms with Crippen molar-refractivity contribution < 1.29 is 14.3 Å². The second kappa shape index (κ2) is 5.75. The standard InChI is InChI=1S/C10H18O3/c1-5-7-10(3,8-12-4)9(11)13-6-2/h5H,1,6-8H2,2-4H3. The molecule has 0 bridgehead atoms. The summed E-state index contributed by atoms with van der Waals surface area (Å²) in [4.78, 5) is 11.5. The van der Waals surface area contributed by atoms with Crippen LogP contribution in [0.1, 0.15) is 20.3 Å². The van der Waals surface area contributed by atoms with Gasteiger partial charge in [-0.15, -0.1) is 6.58 Å². The minimum Gasteiger partial charge on any atom is -0.465 e. The Morgan fingerprint density at radius 1 is 1.62 bits per heavy atom. The number of carbonyl (C=O) groups excluding carboxylic acids is 1. The summed E-state index contributed by atoms with van der Waals surface area (Å²) >= 11 is 0. The quantitative estimate of drug-likeness (QED) is 0.468. The summed E-state index contributed by atoms with van der Waals surface area (Å²) in [5.41, 5.74) is -0.591. The van der Waals surface area contributed by atoms with Gasteiger partial charge < -0.3 is 9.47 Å². The van der Waals surface area contributed by atoms with Gasteiger partial charge >= 0.3 is 5.97 Å². The van der Waals surface area contributed by atoms with Gasteiger partial charge in [0.05, 0.1) is 18.6 Å². The molecule has 3 heteroatoms. The average Bonchev–Trinajstić information content (AvgIpc) is 2.05. The molecule has 3 nitrogen and oxygen atoms in total. The molecule has 1 atom stereocenters. The van der Waals surface area contributed by atoms with Crippen LogP contribution in [0.3, 0.4) is 0 Å². The number of carbonyl (C=O) groups is 1. The molecule has 0 spiro atoms. The number of methoxy groups -OCH3 is 1. The Bertz CT molecular complexity index is 177. The minimum absolute atomic E-state index is 0.225. The molecule has 0 heterocycles. The SMILES string of the molecule is C=CCC(C)(COC)C(=O)OCC. The number of rotatable bonds is 6. The molecular formula is C10H18O3. The molecule has 0 radical (unpaired) electrons. The summed E-state index contributed by atoms with van der Waals surface area (Å²) in [6, 6.07) is 0. The van der Waals surface area contributed by atoms with E-state index >= 15 is 0 Å². The van der Waals surface area contributed by atoms with Gasteiger partial charge in [-0.2, -0.15) is 0 Å². The monoisotopic (exact) mass is 186 g/mol. The first-order valence-corrected chi connectivity index (χ1v) is 4.37. The molecule has 0 aromatic rings. The van der Waals surface area contributed by atoms with Crippen LogP contribution >= 0.6 is 0 Å². The van der Waals surface area contributed by atoms with E-state index in [9.17, 15) is 4.79 Å². The van der Waals surface area contributed by atoms with E-state index in [2.05, 4.69) is 6.58 Å². The van der Waals surface area contributed by atoms with Crippen LogP contribution in [0, 0.1) is 5.41 Å². The van der Waals surface area contributed by atoms with Crippen LogP contribution in [-0.2, 0) is 14.3 Å². The Kier molecular flexibility index (Phi) is 5.39. The number of hydrogen-bond donors (Lipinski definition) is 0. The van der Waals surface area contributed by atoms with Crippen LogP contribution in [0.2, 0.25) is 0 Å². The van der Waals surface area contributed by atoms with Gasteiger partial charge in [0.1, 0.15) is 0 Å². The predicted molar refractivity (Wildman–Crippen MR) is 51.4 cm³/mol. The Labute approximate surface area is 79.7 Å². The van der Waals surface area contributed by atoms with Gasteiger partial charge in [0, 0.05) is 7.11 Å². The maximum Gasteiger partial charge on any atom is 0.314 e. The number of esters is 1. The summed E-state index contributed by atoms with van der Waals surface area (Å²) < 4.78 is 9.92. The third-order valence-electron chi connectivity index (χ3n) is 1.83. The van der Waals surface area contributed by atoms with Crippen LogP contribution < -0.4 is 0 Å². The first-order chi connectivity index (χ1) is 6.10. The molecule has 0 aromatic carbocycles. The van der Waals surface area contributed by atoms with Crippen LogP contribution in [0.5, 0.6) is 0 Å². The van der Waals surface area contributed by atoms with Crippen molar-refractivity contribution in [3.63, 3.8) is 0 Å². The molecule has 0 saturated heterocycles. The highest BCUT2D eigenvalue weighted by Gasteiger charge is 2.33. The topological polar surface area (TPSA) is 35.5 Å². The minimum atomic E-state index is -0.591. The van der Waals surface area contributed by atoms with E-state index in [0.29, 0.717) is 19.6 Å². The van der Waals surface area contributed by atoms with Crippen molar-refractivity contribution in [1.29, 1.82) is 0 Å². The summed E-state index contributed by atoms with van der Waals surface area (Å²) in [7, 11) is 1.57. The van der Waals surface area contributed by atoms with Gasteiger partial charge in [-0.1, -0.05) is 6.08 Å². The summed E-state index contributed by atoms with van der Waals surface area (Å²) in [5.74, 6) is -0.225. The molecule has 0 N–H and O–H groups in total. The van der Waals surface area contributed by atoms with Crippen molar-refractivity contribution in [2.45, 2.75) is 20.3 Å². The van der Waals surface area contributed by atoms with Crippen LogP contribution in [0.25, 0.3) is 0 Å². The maximum atomic E-state index is 11.5. The fourth-order valence-corrected chi connectivity index (χ4v) is 1.14. The third kappa shape index (κ3) is 3.59. The molecule has 0 amide bonds. The number of ether oxygens (including phenoxy) is 2. The third-order valence-corrected chi connectivity index (χ3v) is 1.83. The summed E-state index contributed by atoms with van der Waals surface area (Å²) in [5, 5.41) is 0. The molecule has 0 aromatic heterocycles. The molecule has 1 unspecified atom stereocenters. The fourth-order valence-electron chi connectivity index (χ4n) is 1.14. The lowest BCUT2D eigenvalue weighted by Crippen LogP contribution is -2.33. The van der Waals surface area contributed by atoms with E-state index in [1.54, 1.807) is 20.1 Å². The summed E-state index contributed by atoms with van der Waals surface area (Å²) in [6.45, 7) is 7.97. The zero-order valence-corrected chi connectivity index (χ0v) is 8.63. The molecule has 0 rings (SSSR count). The lowest BCUT2D eigenvalue weighted by Gasteiger charge is -2.24. The Morgan fingerprint density at radius 3 is 2.62 bits per heavy atom. The first-order valence-electron chi connectivity index (χ1n) is 4.37. The average molecular weight is 186 g/mol. The van der Waals surface area contributed by atoms with Crippen LogP contribution in [-0.4, -0.2) is 26.3 Å². The van der Waals surface area contributed by atoms with Crippen molar-refractivity contribution in [1.82, 2.24) is 0 Å². The highest BCUT2D eigenvalue weighted by molar-refractivity contribution is 5.76. The maximum absolute atomic E-state index is 11.5. The molecule has 0 aliphatic rings. The first kappa shape index (κ1) is 12.2. The largest absolute Gasteiger partial charge is 0.465 e. The molecule has 0 saturated carbocycles. The van der Waals surface area contributed by atoms with E-state index in [1.165, 1.54) is 0 Å². The van der Waals surface area contributed by atoms with Crippen molar-refractivity contribution >= 4 is 5.97 Å². The van der Waals surface area contributed by atoms with E-state index in [0.717, 1.165) is 0 Å². The van der Waals surface area contributed by atoms with E-state index in [-0.39, 0.29) is 5.97 Å². The van der Waals surface area contributed by atoms with E-state index < -0.39 is 5.41 Å². The van der Waals surface area contributed by atoms with Crippen LogP contribution in [0.15, 0.2) is 12.7 Å². The van der Waals surface area contributed by atoms with Gasteiger partial charge in [0.15, 0.2) is 0 Å². The highest BCUT2D eigenvalue weighted by Crippen LogP contribution is 2.24. The lowest BCUT2D eigenvalue weighted by atomic mass is 9.88. The van der Waals surface area contributed by atoms with Crippen molar-refractivity contribution in [3.8, 4) is 0 Å². The Balaban J connectivity index is 4.36. The number of allylic oxidation sites excluding steroid dienone is 1. The van der Waals surface area contributed by atoms with Gasteiger partial charge in [-0.05, 0) is 20.3 Å². The fraction of sp³-hybridized carbons (Fsp3) is 0.700. The smallest absolute Gasteiger partial charge is 0.314 e.